The molecule has 0 radical (unpaired) electrons. The number of nitrogens with zero attached hydrogens (tertiary/aromatic N) is 1. The molecule has 0 amide bonds. The van der Waals surface area contributed by atoms with E-state index in [2.05, 4.69) is 4.90 Å². The zero-order valence-corrected chi connectivity index (χ0v) is 8.17. The lowest BCUT2D eigenvalue weighted by molar-refractivity contribution is 0.325. The maximum atomic E-state index is 13.4. The lowest BCUT2D eigenvalue weighted by Crippen LogP contribution is -2.19. The molecule has 2 nitrogen and oxygen atoms in total. The van der Waals surface area contributed by atoms with Gasteiger partial charge in [0.1, 0.15) is 5.82 Å². The van der Waals surface area contributed by atoms with Gasteiger partial charge in [0.2, 0.25) is 0 Å². The van der Waals surface area contributed by atoms with E-state index in [1.54, 1.807) is 12.1 Å². The quantitative estimate of drug-likeness (QED) is 0.730. The molecule has 0 atom stereocenters. The van der Waals surface area contributed by atoms with Gasteiger partial charge in [0.25, 0.3) is 0 Å². The van der Waals surface area contributed by atoms with Gasteiger partial charge in [-0.1, -0.05) is 6.07 Å². The highest BCUT2D eigenvalue weighted by molar-refractivity contribution is 5.40. The molecular formula is C11H15FN2. The highest BCUT2D eigenvalue weighted by atomic mass is 19.1. The summed E-state index contributed by atoms with van der Waals surface area (Å²) >= 11 is 0. The summed E-state index contributed by atoms with van der Waals surface area (Å²) < 4.78 is 13.4. The molecule has 0 unspecified atom stereocenters. The van der Waals surface area contributed by atoms with Crippen molar-refractivity contribution in [2.75, 3.05) is 18.8 Å². The van der Waals surface area contributed by atoms with Gasteiger partial charge in [-0.15, -0.1) is 0 Å². The first-order valence-electron chi connectivity index (χ1n) is 5.02. The second kappa shape index (κ2) is 3.96. The van der Waals surface area contributed by atoms with Crippen LogP contribution >= 0.6 is 0 Å². The van der Waals surface area contributed by atoms with E-state index in [-0.39, 0.29) is 5.82 Å². The fraction of sp³-hybridized carbons (Fsp3) is 0.455. The Balaban J connectivity index is 2.08. The predicted molar refractivity (Wildman–Crippen MR) is 55.3 cm³/mol. The molecule has 0 spiro atoms. The van der Waals surface area contributed by atoms with Crippen LogP contribution in [0.3, 0.4) is 0 Å². The van der Waals surface area contributed by atoms with Gasteiger partial charge in [0.15, 0.2) is 0 Å². The molecule has 1 heterocycles. The molecular weight excluding hydrogens is 179 g/mol. The monoisotopic (exact) mass is 194 g/mol. The van der Waals surface area contributed by atoms with Gasteiger partial charge in [0.05, 0.1) is 0 Å². The zero-order chi connectivity index (χ0) is 9.97. The van der Waals surface area contributed by atoms with E-state index in [0.29, 0.717) is 12.2 Å². The summed E-state index contributed by atoms with van der Waals surface area (Å²) in [4.78, 5) is 2.27. The number of rotatable bonds is 2. The number of nitrogens with two attached hydrogens (primary N) is 1. The fourth-order valence-electron chi connectivity index (χ4n) is 1.87. The van der Waals surface area contributed by atoms with Crippen molar-refractivity contribution in [2.24, 2.45) is 0 Å². The summed E-state index contributed by atoms with van der Waals surface area (Å²) in [6.07, 6.45) is 2.47. The largest absolute Gasteiger partial charge is 0.399 e. The van der Waals surface area contributed by atoms with E-state index in [0.717, 1.165) is 18.7 Å². The minimum Gasteiger partial charge on any atom is -0.399 e. The van der Waals surface area contributed by atoms with Crippen LogP contribution in [0.2, 0.25) is 0 Å². The number of benzene rings is 1. The van der Waals surface area contributed by atoms with Crippen LogP contribution in [0.1, 0.15) is 18.4 Å². The predicted octanol–water partition coefficient (Wildman–Crippen LogP) is 2.00. The molecule has 1 aromatic carbocycles. The van der Waals surface area contributed by atoms with Crippen molar-refractivity contribution in [1.29, 1.82) is 0 Å². The van der Waals surface area contributed by atoms with Crippen LogP contribution in [-0.2, 0) is 6.54 Å². The van der Waals surface area contributed by atoms with Crippen LogP contribution in [0.25, 0.3) is 0 Å². The molecule has 0 bridgehead atoms. The first-order chi connectivity index (χ1) is 6.75. The lowest BCUT2D eigenvalue weighted by Gasteiger charge is -2.14. The number of halogens is 1. The van der Waals surface area contributed by atoms with Gasteiger partial charge in [-0.05, 0) is 38.1 Å². The van der Waals surface area contributed by atoms with Crippen molar-refractivity contribution >= 4 is 5.69 Å². The summed E-state index contributed by atoms with van der Waals surface area (Å²) in [6, 6.07) is 4.93. The molecule has 0 aliphatic carbocycles. The molecule has 1 aliphatic heterocycles. The molecule has 0 saturated carbocycles. The number of hydrogen-bond donors (Lipinski definition) is 1. The molecule has 14 heavy (non-hydrogen) atoms. The average Bonchev–Trinajstić information content (AvgIpc) is 2.62. The van der Waals surface area contributed by atoms with Gasteiger partial charge >= 0.3 is 0 Å². The molecule has 1 saturated heterocycles. The third-order valence-electron chi connectivity index (χ3n) is 2.67. The lowest BCUT2D eigenvalue weighted by atomic mass is 10.2. The molecule has 1 aromatic rings. The average molecular weight is 194 g/mol. The third kappa shape index (κ3) is 2.04. The van der Waals surface area contributed by atoms with Gasteiger partial charge in [0, 0.05) is 17.8 Å². The van der Waals surface area contributed by atoms with E-state index < -0.39 is 0 Å². The van der Waals surface area contributed by atoms with E-state index in [1.807, 2.05) is 0 Å². The number of anilines is 1. The van der Waals surface area contributed by atoms with Crippen molar-refractivity contribution < 1.29 is 4.39 Å². The number of hydrogen-bond acceptors (Lipinski definition) is 2. The Bertz CT molecular complexity index is 319. The summed E-state index contributed by atoms with van der Waals surface area (Å²) in [5, 5.41) is 0. The summed E-state index contributed by atoms with van der Waals surface area (Å²) in [5.74, 6) is -0.183. The van der Waals surface area contributed by atoms with Crippen molar-refractivity contribution in [1.82, 2.24) is 4.90 Å². The van der Waals surface area contributed by atoms with Crippen molar-refractivity contribution in [2.45, 2.75) is 19.4 Å². The van der Waals surface area contributed by atoms with Crippen molar-refractivity contribution in [3.8, 4) is 0 Å². The smallest absolute Gasteiger partial charge is 0.129 e. The van der Waals surface area contributed by atoms with Crippen LogP contribution in [0.4, 0.5) is 10.1 Å². The van der Waals surface area contributed by atoms with Crippen molar-refractivity contribution in [3.05, 3.63) is 29.6 Å². The Hall–Kier alpha value is -1.09. The van der Waals surface area contributed by atoms with Crippen LogP contribution in [-0.4, -0.2) is 18.0 Å². The van der Waals surface area contributed by atoms with Crippen molar-refractivity contribution in [3.63, 3.8) is 0 Å². The van der Waals surface area contributed by atoms with Crippen LogP contribution in [0.15, 0.2) is 18.2 Å². The Morgan fingerprint density at radius 1 is 1.29 bits per heavy atom. The maximum absolute atomic E-state index is 13.4. The Kier molecular flexibility index (Phi) is 2.68. The van der Waals surface area contributed by atoms with E-state index in [9.17, 15) is 4.39 Å². The second-order valence-electron chi connectivity index (χ2n) is 3.83. The Morgan fingerprint density at radius 3 is 2.64 bits per heavy atom. The molecule has 2 N–H and O–H groups in total. The summed E-state index contributed by atoms with van der Waals surface area (Å²) in [7, 11) is 0. The van der Waals surface area contributed by atoms with Crippen LogP contribution in [0, 0.1) is 5.82 Å². The van der Waals surface area contributed by atoms with Gasteiger partial charge in [-0.3, -0.25) is 4.90 Å². The van der Waals surface area contributed by atoms with E-state index in [4.69, 9.17) is 5.73 Å². The Labute approximate surface area is 83.5 Å². The van der Waals surface area contributed by atoms with Gasteiger partial charge in [-0.25, -0.2) is 4.39 Å². The summed E-state index contributed by atoms with van der Waals surface area (Å²) in [6.45, 7) is 2.89. The molecule has 2 rings (SSSR count). The highest BCUT2D eigenvalue weighted by Crippen LogP contribution is 2.16. The first kappa shape index (κ1) is 9.46. The normalized spacial score (nSPS) is 17.5. The fourth-order valence-corrected chi connectivity index (χ4v) is 1.87. The van der Waals surface area contributed by atoms with Crippen LogP contribution < -0.4 is 5.73 Å². The minimum absolute atomic E-state index is 0.183. The van der Waals surface area contributed by atoms with E-state index in [1.165, 1.54) is 18.9 Å². The van der Waals surface area contributed by atoms with Gasteiger partial charge < -0.3 is 5.73 Å². The molecule has 76 valence electrons. The highest BCUT2D eigenvalue weighted by Gasteiger charge is 2.13. The SMILES string of the molecule is Nc1ccc(CN2CCCC2)c(F)c1. The topological polar surface area (TPSA) is 29.3 Å². The van der Waals surface area contributed by atoms with E-state index >= 15 is 0 Å². The molecule has 1 fully saturated rings. The van der Waals surface area contributed by atoms with Crippen LogP contribution in [0.5, 0.6) is 0 Å². The molecule has 0 aromatic heterocycles. The standard InChI is InChI=1S/C11H15FN2/c12-11-7-10(13)4-3-9(11)8-14-5-1-2-6-14/h3-4,7H,1-2,5-6,8,13H2. The first-order valence-corrected chi connectivity index (χ1v) is 5.02. The minimum atomic E-state index is -0.183. The maximum Gasteiger partial charge on any atom is 0.129 e. The Morgan fingerprint density at radius 2 is 2.00 bits per heavy atom. The van der Waals surface area contributed by atoms with Gasteiger partial charge in [-0.2, -0.15) is 0 Å². The molecule has 1 aliphatic rings. The summed E-state index contributed by atoms with van der Waals surface area (Å²) in [5.41, 5.74) is 6.73. The number of nitrogen functional groups attached to an aromatic ring is 1. The third-order valence-corrected chi connectivity index (χ3v) is 2.67. The second-order valence-corrected chi connectivity index (χ2v) is 3.83. The zero-order valence-electron chi connectivity index (χ0n) is 8.17. The molecule has 3 heteroatoms. The number of likely N-dealkylation sites (tertiary alicyclic amines) is 1.